The number of hydrogen-bond acceptors (Lipinski definition) is 2. The molecule has 0 aliphatic carbocycles. The van der Waals surface area contributed by atoms with E-state index < -0.39 is 0 Å². The molecule has 0 fully saturated rings. The summed E-state index contributed by atoms with van der Waals surface area (Å²) in [6.45, 7) is 4.33. The topological polar surface area (TPSA) is 29.9 Å². The summed E-state index contributed by atoms with van der Waals surface area (Å²) in [5.74, 6) is 0. The van der Waals surface area contributed by atoms with Crippen LogP contribution in [-0.2, 0) is 13.5 Å². The fourth-order valence-corrected chi connectivity index (χ4v) is 3.28. The summed E-state index contributed by atoms with van der Waals surface area (Å²) in [6.07, 6.45) is 6.90. The Labute approximate surface area is 135 Å². The number of nitrogens with zero attached hydrogens (tertiary/aromatic N) is 2. The number of pyridine rings is 2. The van der Waals surface area contributed by atoms with E-state index in [2.05, 4.69) is 60.9 Å². The van der Waals surface area contributed by atoms with Gasteiger partial charge in [-0.05, 0) is 37.1 Å². The van der Waals surface area contributed by atoms with Gasteiger partial charge in [0.25, 0.3) is 0 Å². The molecule has 0 N–H and O–H groups in total. The Morgan fingerprint density at radius 3 is 2.74 bits per heavy atom. The van der Waals surface area contributed by atoms with Crippen molar-refractivity contribution in [2.24, 2.45) is 7.05 Å². The van der Waals surface area contributed by atoms with Crippen LogP contribution >= 0.6 is 0 Å². The second-order valence-electron chi connectivity index (χ2n) is 5.99. The van der Waals surface area contributed by atoms with Crippen LogP contribution in [0.4, 0.5) is 0 Å². The molecule has 0 saturated carbocycles. The summed E-state index contributed by atoms with van der Waals surface area (Å²) in [7, 11) is 2.10. The van der Waals surface area contributed by atoms with Crippen molar-refractivity contribution in [3.05, 3.63) is 60.0 Å². The zero-order valence-electron chi connectivity index (χ0n) is 13.6. The second-order valence-corrected chi connectivity index (χ2v) is 5.99. The third-order valence-electron chi connectivity index (χ3n) is 4.50. The van der Waals surface area contributed by atoms with Crippen LogP contribution in [0.2, 0.25) is 0 Å². The van der Waals surface area contributed by atoms with E-state index in [4.69, 9.17) is 4.42 Å². The predicted molar refractivity (Wildman–Crippen MR) is 92.2 cm³/mol. The van der Waals surface area contributed by atoms with Gasteiger partial charge in [-0.3, -0.25) is 4.98 Å². The van der Waals surface area contributed by atoms with E-state index in [1.165, 1.54) is 22.4 Å². The lowest BCUT2D eigenvalue weighted by Crippen LogP contribution is -2.31. The van der Waals surface area contributed by atoms with Crippen LogP contribution in [0.1, 0.15) is 18.1 Å². The van der Waals surface area contributed by atoms with Crippen molar-refractivity contribution < 1.29 is 8.98 Å². The van der Waals surface area contributed by atoms with Crippen molar-refractivity contribution >= 4 is 21.9 Å². The maximum atomic E-state index is 6.01. The first-order valence-corrected chi connectivity index (χ1v) is 7.94. The molecule has 0 atom stereocenters. The molecule has 23 heavy (non-hydrogen) atoms. The molecule has 0 amide bonds. The zero-order chi connectivity index (χ0) is 16.0. The number of hydrogen-bond donors (Lipinski definition) is 0. The number of aromatic nitrogens is 2. The summed E-state index contributed by atoms with van der Waals surface area (Å²) < 4.78 is 8.21. The lowest BCUT2D eigenvalue weighted by atomic mass is 9.98. The van der Waals surface area contributed by atoms with Gasteiger partial charge in [0.1, 0.15) is 18.2 Å². The molecular formula is C20H19N2O+. The van der Waals surface area contributed by atoms with Gasteiger partial charge in [-0.25, -0.2) is 4.57 Å². The van der Waals surface area contributed by atoms with Crippen LogP contribution in [-0.4, -0.2) is 4.98 Å². The van der Waals surface area contributed by atoms with Gasteiger partial charge in [0.2, 0.25) is 5.69 Å². The summed E-state index contributed by atoms with van der Waals surface area (Å²) in [6, 6.07) is 10.5. The van der Waals surface area contributed by atoms with Crippen molar-refractivity contribution in [1.29, 1.82) is 0 Å². The Morgan fingerprint density at radius 1 is 1.09 bits per heavy atom. The maximum Gasteiger partial charge on any atom is 0.213 e. The quantitative estimate of drug-likeness (QED) is 0.515. The van der Waals surface area contributed by atoms with Crippen molar-refractivity contribution in [3.63, 3.8) is 0 Å². The van der Waals surface area contributed by atoms with Gasteiger partial charge in [0, 0.05) is 34.8 Å². The van der Waals surface area contributed by atoms with Gasteiger partial charge >= 0.3 is 0 Å². The van der Waals surface area contributed by atoms with Crippen LogP contribution in [0.5, 0.6) is 0 Å². The summed E-state index contributed by atoms with van der Waals surface area (Å²) in [4.78, 5) is 4.28. The molecule has 0 unspecified atom stereocenters. The lowest BCUT2D eigenvalue weighted by Gasteiger charge is -2.07. The normalized spacial score (nSPS) is 11.4. The molecule has 114 valence electrons. The smallest absolute Gasteiger partial charge is 0.213 e. The third kappa shape index (κ3) is 2.12. The highest BCUT2D eigenvalue weighted by Crippen LogP contribution is 2.37. The van der Waals surface area contributed by atoms with Crippen molar-refractivity contribution in [2.45, 2.75) is 20.3 Å². The zero-order valence-corrected chi connectivity index (χ0v) is 13.6. The van der Waals surface area contributed by atoms with Crippen LogP contribution in [0.25, 0.3) is 33.2 Å². The summed E-state index contributed by atoms with van der Waals surface area (Å²) >= 11 is 0. The predicted octanol–water partition coefficient (Wildman–Crippen LogP) is 4.34. The second kappa shape index (κ2) is 5.20. The first-order valence-electron chi connectivity index (χ1n) is 7.94. The minimum absolute atomic E-state index is 0.884. The Balaban J connectivity index is 2.12. The molecule has 3 aromatic heterocycles. The molecule has 4 rings (SSSR count). The minimum atomic E-state index is 0.884. The highest BCUT2D eigenvalue weighted by atomic mass is 16.3. The van der Waals surface area contributed by atoms with Crippen molar-refractivity contribution in [1.82, 2.24) is 4.98 Å². The fourth-order valence-electron chi connectivity index (χ4n) is 3.28. The van der Waals surface area contributed by atoms with Gasteiger partial charge in [-0.2, -0.15) is 0 Å². The molecule has 0 radical (unpaired) electrons. The van der Waals surface area contributed by atoms with E-state index in [0.717, 1.165) is 28.4 Å². The van der Waals surface area contributed by atoms with Crippen LogP contribution in [0, 0.1) is 6.92 Å². The highest BCUT2D eigenvalue weighted by Gasteiger charge is 2.20. The third-order valence-corrected chi connectivity index (χ3v) is 4.50. The van der Waals surface area contributed by atoms with Crippen molar-refractivity contribution in [2.75, 3.05) is 0 Å². The monoisotopic (exact) mass is 303 g/mol. The Hall–Kier alpha value is -2.68. The van der Waals surface area contributed by atoms with E-state index >= 15 is 0 Å². The number of benzene rings is 1. The Morgan fingerprint density at radius 2 is 1.96 bits per heavy atom. The Bertz CT molecular complexity index is 1030. The lowest BCUT2D eigenvalue weighted by molar-refractivity contribution is -0.660. The molecule has 0 aliphatic heterocycles. The van der Waals surface area contributed by atoms with Crippen LogP contribution in [0.3, 0.4) is 0 Å². The highest BCUT2D eigenvalue weighted by molar-refractivity contribution is 6.12. The average Bonchev–Trinajstić information content (AvgIpc) is 2.94. The molecule has 3 nitrogen and oxygen atoms in total. The van der Waals surface area contributed by atoms with Crippen LogP contribution < -0.4 is 4.57 Å². The van der Waals surface area contributed by atoms with E-state index in [1.54, 1.807) is 6.20 Å². The van der Waals surface area contributed by atoms with Gasteiger partial charge in [-0.1, -0.05) is 13.0 Å². The summed E-state index contributed by atoms with van der Waals surface area (Å²) in [5.41, 5.74) is 6.78. The largest absolute Gasteiger partial charge is 0.456 e. The maximum absolute atomic E-state index is 6.01. The van der Waals surface area contributed by atoms with Crippen LogP contribution in [0.15, 0.2) is 53.3 Å². The number of fused-ring (bicyclic) bond motifs is 3. The molecule has 0 spiro atoms. The SMILES string of the molecule is CCc1ccc(-c2c(C)ccc3oc4ccncc4c23)[n+](C)c1. The molecular weight excluding hydrogens is 284 g/mol. The van der Waals surface area contributed by atoms with E-state index in [1.807, 2.05) is 12.3 Å². The number of aryl methyl sites for hydroxylation is 3. The first kappa shape index (κ1) is 13.9. The standard InChI is InChI=1S/C20H19N2O/c1-4-14-6-7-16(22(3)12-14)19-13(2)5-8-18-20(19)15-11-21-10-9-17(15)23-18/h5-12H,4H2,1-3H3/q+1. The molecule has 1 aromatic carbocycles. The van der Waals surface area contributed by atoms with Gasteiger partial charge < -0.3 is 4.42 Å². The molecule has 4 aromatic rings. The van der Waals surface area contributed by atoms with Gasteiger partial charge in [-0.15, -0.1) is 0 Å². The fraction of sp³-hybridized carbons (Fsp3) is 0.200. The average molecular weight is 303 g/mol. The number of furan rings is 1. The number of rotatable bonds is 2. The molecule has 3 heterocycles. The van der Waals surface area contributed by atoms with E-state index in [0.29, 0.717) is 0 Å². The molecule has 0 aliphatic rings. The molecule has 0 bridgehead atoms. The summed E-state index contributed by atoms with van der Waals surface area (Å²) in [5, 5.41) is 2.22. The van der Waals surface area contributed by atoms with Crippen molar-refractivity contribution in [3.8, 4) is 11.3 Å². The molecule has 0 saturated heterocycles. The van der Waals surface area contributed by atoms with Gasteiger partial charge in [0.05, 0.1) is 5.56 Å². The first-order chi connectivity index (χ1) is 11.2. The molecule has 3 heteroatoms. The minimum Gasteiger partial charge on any atom is -0.456 e. The Kier molecular flexibility index (Phi) is 3.15. The van der Waals surface area contributed by atoms with Gasteiger partial charge in [0.15, 0.2) is 6.20 Å². The van der Waals surface area contributed by atoms with E-state index in [9.17, 15) is 0 Å². The van der Waals surface area contributed by atoms with E-state index in [-0.39, 0.29) is 0 Å².